The van der Waals surface area contributed by atoms with Gasteiger partial charge >= 0.3 is 0 Å². The first-order valence-corrected chi connectivity index (χ1v) is 8.74. The van der Waals surface area contributed by atoms with Gasteiger partial charge < -0.3 is 10.6 Å². The number of para-hydroxylation sites is 1. The van der Waals surface area contributed by atoms with E-state index in [1.165, 1.54) is 0 Å². The predicted molar refractivity (Wildman–Crippen MR) is 108 cm³/mol. The van der Waals surface area contributed by atoms with Crippen molar-refractivity contribution in [1.82, 2.24) is 4.98 Å². The van der Waals surface area contributed by atoms with Crippen molar-refractivity contribution in [3.05, 3.63) is 88.2 Å². The van der Waals surface area contributed by atoms with Gasteiger partial charge in [0.25, 0.3) is 11.8 Å². The Labute approximate surface area is 162 Å². The fraction of sp³-hybridized carbons (Fsp3) is 0.0952. The van der Waals surface area contributed by atoms with Crippen LogP contribution in [0, 0.1) is 13.8 Å². The number of nitrogens with one attached hydrogen (secondary N) is 2. The van der Waals surface area contributed by atoms with E-state index in [1.54, 1.807) is 42.5 Å². The van der Waals surface area contributed by atoms with Crippen LogP contribution in [0.25, 0.3) is 0 Å². The topological polar surface area (TPSA) is 71.1 Å². The Balaban J connectivity index is 1.78. The molecule has 0 aliphatic heterocycles. The van der Waals surface area contributed by atoms with Gasteiger partial charge in [-0.05, 0) is 55.3 Å². The highest BCUT2D eigenvalue weighted by atomic mass is 35.5. The number of amides is 2. The van der Waals surface area contributed by atoms with E-state index in [9.17, 15) is 9.59 Å². The van der Waals surface area contributed by atoms with Gasteiger partial charge in [-0.2, -0.15) is 0 Å². The van der Waals surface area contributed by atoms with Crippen LogP contribution in [0.1, 0.15) is 32.1 Å². The first-order valence-electron chi connectivity index (χ1n) is 8.36. The molecule has 5 nitrogen and oxygen atoms in total. The average molecular weight is 380 g/mol. The van der Waals surface area contributed by atoms with Gasteiger partial charge in [-0.15, -0.1) is 0 Å². The number of aromatic nitrogens is 1. The number of carbonyl (C=O) groups is 2. The molecule has 3 rings (SSSR count). The molecule has 0 aliphatic rings. The average Bonchev–Trinajstić information content (AvgIpc) is 2.67. The second-order valence-corrected chi connectivity index (χ2v) is 6.45. The van der Waals surface area contributed by atoms with Gasteiger partial charge in [-0.3, -0.25) is 9.59 Å². The molecule has 0 saturated carbocycles. The molecule has 0 atom stereocenters. The molecular formula is C21H18ClN3O2. The smallest absolute Gasteiger partial charge is 0.274 e. The number of nitrogens with zero attached hydrogens (tertiary/aromatic N) is 1. The molecule has 1 heterocycles. The second-order valence-electron chi connectivity index (χ2n) is 6.04. The lowest BCUT2D eigenvalue weighted by Gasteiger charge is -2.11. The van der Waals surface area contributed by atoms with Gasteiger partial charge in [0.15, 0.2) is 0 Å². The lowest BCUT2D eigenvalue weighted by atomic mass is 10.1. The first kappa shape index (κ1) is 18.6. The minimum absolute atomic E-state index is 0.128. The summed E-state index contributed by atoms with van der Waals surface area (Å²) in [5.74, 6) is -0.819. The molecule has 3 aromatic rings. The Hall–Kier alpha value is -3.18. The van der Waals surface area contributed by atoms with Crippen LogP contribution in [0.5, 0.6) is 0 Å². The third-order valence-electron chi connectivity index (χ3n) is 4.19. The number of anilines is 2. The molecule has 0 aliphatic carbocycles. The second kappa shape index (κ2) is 8.01. The lowest BCUT2D eigenvalue weighted by Crippen LogP contribution is -2.19. The van der Waals surface area contributed by atoms with E-state index in [1.807, 2.05) is 32.0 Å². The van der Waals surface area contributed by atoms with Crippen LogP contribution in [-0.2, 0) is 0 Å². The summed E-state index contributed by atoms with van der Waals surface area (Å²) < 4.78 is 0. The fourth-order valence-electron chi connectivity index (χ4n) is 2.51. The van der Waals surface area contributed by atoms with E-state index < -0.39 is 5.91 Å². The molecule has 2 amide bonds. The SMILES string of the molecule is Cc1cccc(NC(=O)c2cccc(C(=O)Nc3ccccc3Cl)n2)c1C. The third kappa shape index (κ3) is 4.33. The summed E-state index contributed by atoms with van der Waals surface area (Å²) in [6, 6.07) is 17.3. The summed E-state index contributed by atoms with van der Waals surface area (Å²) in [5, 5.41) is 5.96. The zero-order valence-electron chi connectivity index (χ0n) is 14.9. The molecule has 27 heavy (non-hydrogen) atoms. The van der Waals surface area contributed by atoms with Crippen molar-refractivity contribution in [3.63, 3.8) is 0 Å². The number of benzene rings is 2. The predicted octanol–water partition coefficient (Wildman–Crippen LogP) is 4.86. The van der Waals surface area contributed by atoms with Crippen molar-refractivity contribution < 1.29 is 9.59 Å². The Kier molecular flexibility index (Phi) is 5.52. The van der Waals surface area contributed by atoms with E-state index >= 15 is 0 Å². The van der Waals surface area contributed by atoms with Crippen molar-refractivity contribution in [2.24, 2.45) is 0 Å². The number of halogens is 1. The molecule has 6 heteroatoms. The Morgan fingerprint density at radius 3 is 2.00 bits per heavy atom. The van der Waals surface area contributed by atoms with Gasteiger partial charge in [0, 0.05) is 5.69 Å². The van der Waals surface area contributed by atoms with Crippen LogP contribution >= 0.6 is 11.6 Å². The third-order valence-corrected chi connectivity index (χ3v) is 4.52. The Bertz CT molecular complexity index is 1020. The maximum Gasteiger partial charge on any atom is 0.274 e. The molecule has 136 valence electrons. The van der Waals surface area contributed by atoms with E-state index in [-0.39, 0.29) is 17.3 Å². The standard InChI is InChI=1S/C21H18ClN3O2/c1-13-7-5-10-16(14(13)2)24-20(26)18-11-6-12-19(23-18)21(27)25-17-9-4-3-8-15(17)22/h3-12H,1-2H3,(H,24,26)(H,25,27). The summed E-state index contributed by atoms with van der Waals surface area (Å²) >= 11 is 6.06. The number of carbonyl (C=O) groups excluding carboxylic acids is 2. The van der Waals surface area contributed by atoms with E-state index in [4.69, 9.17) is 11.6 Å². The molecule has 0 radical (unpaired) electrons. The zero-order chi connectivity index (χ0) is 19.4. The normalized spacial score (nSPS) is 10.3. The van der Waals surface area contributed by atoms with Crippen molar-refractivity contribution in [1.29, 1.82) is 0 Å². The summed E-state index contributed by atoms with van der Waals surface area (Å²) in [7, 11) is 0. The van der Waals surface area contributed by atoms with E-state index in [0.29, 0.717) is 16.4 Å². The quantitative estimate of drug-likeness (QED) is 0.680. The Morgan fingerprint density at radius 1 is 0.778 bits per heavy atom. The molecule has 0 bridgehead atoms. The maximum atomic E-state index is 12.5. The number of rotatable bonds is 4. The molecule has 0 spiro atoms. The molecule has 2 aromatic carbocycles. The fourth-order valence-corrected chi connectivity index (χ4v) is 2.69. The van der Waals surface area contributed by atoms with Crippen molar-refractivity contribution >= 4 is 34.8 Å². The molecule has 0 fully saturated rings. The van der Waals surface area contributed by atoms with E-state index in [2.05, 4.69) is 15.6 Å². The van der Waals surface area contributed by atoms with Gasteiger partial charge in [-0.25, -0.2) is 4.98 Å². The number of hydrogen-bond donors (Lipinski definition) is 2. The molecule has 1 aromatic heterocycles. The van der Waals surface area contributed by atoms with Crippen molar-refractivity contribution in [2.45, 2.75) is 13.8 Å². The van der Waals surface area contributed by atoms with Gasteiger partial charge in [0.2, 0.25) is 0 Å². The summed E-state index contributed by atoms with van der Waals surface area (Å²) in [6.07, 6.45) is 0. The largest absolute Gasteiger partial charge is 0.320 e. The van der Waals surface area contributed by atoms with Crippen LogP contribution < -0.4 is 10.6 Å². The highest BCUT2D eigenvalue weighted by molar-refractivity contribution is 6.33. The molecule has 0 unspecified atom stereocenters. The minimum Gasteiger partial charge on any atom is -0.320 e. The van der Waals surface area contributed by atoms with Crippen molar-refractivity contribution in [3.8, 4) is 0 Å². The Morgan fingerprint density at radius 2 is 1.33 bits per heavy atom. The van der Waals surface area contributed by atoms with Gasteiger partial charge in [0.05, 0.1) is 10.7 Å². The molecule has 2 N–H and O–H groups in total. The number of pyridine rings is 1. The van der Waals surface area contributed by atoms with Gasteiger partial charge in [0.1, 0.15) is 11.4 Å². The van der Waals surface area contributed by atoms with Crippen molar-refractivity contribution in [2.75, 3.05) is 10.6 Å². The van der Waals surface area contributed by atoms with Crippen LogP contribution in [-0.4, -0.2) is 16.8 Å². The summed E-state index contributed by atoms with van der Waals surface area (Å²) in [6.45, 7) is 3.91. The van der Waals surface area contributed by atoms with Gasteiger partial charge in [-0.1, -0.05) is 41.9 Å². The molecular weight excluding hydrogens is 362 g/mol. The summed E-state index contributed by atoms with van der Waals surface area (Å²) in [4.78, 5) is 29.2. The zero-order valence-corrected chi connectivity index (χ0v) is 15.7. The monoisotopic (exact) mass is 379 g/mol. The lowest BCUT2D eigenvalue weighted by molar-refractivity contribution is 0.101. The van der Waals surface area contributed by atoms with Crippen LogP contribution in [0.15, 0.2) is 60.7 Å². The van der Waals surface area contributed by atoms with E-state index in [0.717, 1.165) is 11.1 Å². The highest BCUT2D eigenvalue weighted by Gasteiger charge is 2.14. The van der Waals surface area contributed by atoms with Crippen LogP contribution in [0.3, 0.4) is 0 Å². The highest BCUT2D eigenvalue weighted by Crippen LogP contribution is 2.21. The summed E-state index contributed by atoms with van der Waals surface area (Å²) in [5.41, 5.74) is 3.54. The minimum atomic E-state index is -0.440. The van der Waals surface area contributed by atoms with Crippen LogP contribution in [0.2, 0.25) is 5.02 Å². The maximum absolute atomic E-state index is 12.5. The number of aryl methyl sites for hydroxylation is 1. The molecule has 0 saturated heterocycles. The first-order chi connectivity index (χ1) is 13.0. The van der Waals surface area contributed by atoms with Crippen LogP contribution in [0.4, 0.5) is 11.4 Å². The number of hydrogen-bond acceptors (Lipinski definition) is 3.